The summed E-state index contributed by atoms with van der Waals surface area (Å²) in [7, 11) is 0. The number of hydrogen-bond acceptors (Lipinski definition) is 3. The lowest BCUT2D eigenvalue weighted by molar-refractivity contribution is 0.0737. The highest BCUT2D eigenvalue weighted by atomic mass is 16.2. The largest absolute Gasteiger partial charge is 0.331 e. The fraction of sp³-hybridized carbons (Fsp3) is 0.278. The number of rotatable bonds is 2. The maximum atomic E-state index is 13.0. The highest BCUT2D eigenvalue weighted by molar-refractivity contribution is 6.00. The van der Waals surface area contributed by atoms with Gasteiger partial charge < -0.3 is 4.90 Å². The van der Waals surface area contributed by atoms with Gasteiger partial charge in [0.2, 0.25) is 0 Å². The zero-order chi connectivity index (χ0) is 15.8. The summed E-state index contributed by atoms with van der Waals surface area (Å²) in [5.74, 6) is 0.0155. The minimum Gasteiger partial charge on any atom is -0.331 e. The van der Waals surface area contributed by atoms with Crippen molar-refractivity contribution in [2.45, 2.75) is 25.8 Å². The molecular weight excluding hydrogens is 288 g/mol. The third-order valence-electron chi connectivity index (χ3n) is 4.49. The fourth-order valence-corrected chi connectivity index (χ4v) is 3.28. The Bertz CT molecular complexity index is 853. The van der Waals surface area contributed by atoms with E-state index < -0.39 is 0 Å². The van der Waals surface area contributed by atoms with Crippen LogP contribution in [0.15, 0.2) is 48.9 Å². The molecule has 1 atom stereocenters. The molecule has 0 aliphatic carbocycles. The van der Waals surface area contributed by atoms with Crippen LogP contribution in [0.25, 0.3) is 5.65 Å². The van der Waals surface area contributed by atoms with Gasteiger partial charge in [0.1, 0.15) is 5.56 Å². The quantitative estimate of drug-likeness (QED) is 0.731. The second kappa shape index (κ2) is 5.50. The molecule has 1 aliphatic heterocycles. The van der Waals surface area contributed by atoms with Gasteiger partial charge in [-0.25, -0.2) is 9.50 Å². The molecule has 1 saturated heterocycles. The van der Waals surface area contributed by atoms with E-state index in [0.29, 0.717) is 11.2 Å². The lowest BCUT2D eigenvalue weighted by Gasteiger charge is -2.24. The predicted octanol–water partition coefficient (Wildman–Crippen LogP) is 3.02. The number of nitrogens with zero attached hydrogens (tertiary/aromatic N) is 4. The number of aromatic nitrogens is 3. The number of amides is 1. The third kappa shape index (κ3) is 2.38. The van der Waals surface area contributed by atoms with Gasteiger partial charge >= 0.3 is 0 Å². The van der Waals surface area contributed by atoms with E-state index in [-0.39, 0.29) is 11.9 Å². The van der Waals surface area contributed by atoms with Crippen molar-refractivity contribution >= 4 is 11.6 Å². The number of fused-ring (bicyclic) bond motifs is 1. The van der Waals surface area contributed by atoms with E-state index >= 15 is 0 Å². The Balaban J connectivity index is 1.68. The summed E-state index contributed by atoms with van der Waals surface area (Å²) in [6, 6.07) is 10.4. The van der Waals surface area contributed by atoms with Gasteiger partial charge in [0.15, 0.2) is 5.65 Å². The average molecular weight is 306 g/mol. The first-order chi connectivity index (χ1) is 11.2. The van der Waals surface area contributed by atoms with E-state index in [9.17, 15) is 4.79 Å². The van der Waals surface area contributed by atoms with E-state index in [4.69, 9.17) is 0 Å². The van der Waals surface area contributed by atoms with Crippen LogP contribution < -0.4 is 0 Å². The summed E-state index contributed by atoms with van der Waals surface area (Å²) in [5, 5.41) is 4.23. The highest BCUT2D eigenvalue weighted by Crippen LogP contribution is 2.33. The fourth-order valence-electron chi connectivity index (χ4n) is 3.28. The topological polar surface area (TPSA) is 50.5 Å². The molecule has 4 rings (SSSR count). The second-order valence-corrected chi connectivity index (χ2v) is 6.01. The van der Waals surface area contributed by atoms with Crippen LogP contribution in [0.4, 0.5) is 0 Å². The van der Waals surface area contributed by atoms with Gasteiger partial charge in [-0.1, -0.05) is 29.8 Å². The first-order valence-electron chi connectivity index (χ1n) is 7.90. The average Bonchev–Trinajstić information content (AvgIpc) is 3.22. The number of carbonyl (C=O) groups is 1. The maximum absolute atomic E-state index is 13.0. The lowest BCUT2D eigenvalue weighted by atomic mass is 10.0. The van der Waals surface area contributed by atoms with Gasteiger partial charge in [-0.05, 0) is 31.4 Å². The maximum Gasteiger partial charge on any atom is 0.259 e. The first kappa shape index (κ1) is 13.9. The SMILES string of the molecule is Cc1ccc(C2CCCN2C(=O)c2cnn3cccnc23)cc1. The lowest BCUT2D eigenvalue weighted by Crippen LogP contribution is -2.30. The summed E-state index contributed by atoms with van der Waals surface area (Å²) in [4.78, 5) is 19.3. The van der Waals surface area contributed by atoms with Crippen LogP contribution in [0.2, 0.25) is 0 Å². The zero-order valence-corrected chi connectivity index (χ0v) is 13.0. The second-order valence-electron chi connectivity index (χ2n) is 6.01. The Kier molecular flexibility index (Phi) is 3.33. The van der Waals surface area contributed by atoms with Crippen LogP contribution in [-0.4, -0.2) is 31.9 Å². The van der Waals surface area contributed by atoms with Gasteiger partial charge in [0.05, 0.1) is 12.2 Å². The van der Waals surface area contributed by atoms with Crippen LogP contribution in [0.1, 0.15) is 40.4 Å². The summed E-state index contributed by atoms with van der Waals surface area (Å²) < 4.78 is 1.64. The molecule has 5 heteroatoms. The van der Waals surface area contributed by atoms with Crippen LogP contribution in [-0.2, 0) is 0 Å². The molecule has 0 saturated carbocycles. The summed E-state index contributed by atoms with van der Waals surface area (Å²) in [5.41, 5.74) is 3.62. The van der Waals surface area contributed by atoms with Gasteiger partial charge in [0, 0.05) is 18.9 Å². The summed E-state index contributed by atoms with van der Waals surface area (Å²) >= 11 is 0. The molecular formula is C18H18N4O. The molecule has 1 aliphatic rings. The van der Waals surface area contributed by atoms with Crippen LogP contribution in [0.3, 0.4) is 0 Å². The molecule has 3 heterocycles. The van der Waals surface area contributed by atoms with Crippen LogP contribution in [0.5, 0.6) is 0 Å². The minimum absolute atomic E-state index is 0.0155. The number of hydrogen-bond donors (Lipinski definition) is 0. The molecule has 0 N–H and O–H groups in total. The standard InChI is InChI=1S/C18H18N4O/c1-13-5-7-14(8-6-13)16-4-2-10-21(16)18(23)15-12-20-22-11-3-9-19-17(15)22/h3,5-9,11-12,16H,2,4,10H2,1H3. The number of aryl methyl sites for hydroxylation is 1. The van der Waals surface area contributed by atoms with Crippen LogP contribution in [0, 0.1) is 6.92 Å². The molecule has 0 spiro atoms. The van der Waals surface area contributed by atoms with Crippen molar-refractivity contribution in [2.75, 3.05) is 6.54 Å². The molecule has 1 fully saturated rings. The van der Waals surface area contributed by atoms with Crippen molar-refractivity contribution in [3.63, 3.8) is 0 Å². The molecule has 1 amide bonds. The first-order valence-corrected chi connectivity index (χ1v) is 7.90. The number of carbonyl (C=O) groups excluding carboxylic acids is 1. The molecule has 0 bridgehead atoms. The van der Waals surface area contributed by atoms with E-state index in [1.54, 1.807) is 29.2 Å². The summed E-state index contributed by atoms with van der Waals surface area (Å²) in [6.45, 7) is 2.85. The molecule has 1 aromatic carbocycles. The van der Waals surface area contributed by atoms with Gasteiger partial charge in [0.25, 0.3) is 5.91 Å². The van der Waals surface area contributed by atoms with Crippen molar-refractivity contribution in [2.24, 2.45) is 0 Å². The van der Waals surface area contributed by atoms with E-state index in [1.165, 1.54) is 11.1 Å². The smallest absolute Gasteiger partial charge is 0.259 e. The van der Waals surface area contributed by atoms with Crippen molar-refractivity contribution in [3.8, 4) is 0 Å². The molecule has 3 aromatic rings. The van der Waals surface area contributed by atoms with Crippen LogP contribution >= 0.6 is 0 Å². The highest BCUT2D eigenvalue weighted by Gasteiger charge is 2.32. The minimum atomic E-state index is 0.0155. The van der Waals surface area contributed by atoms with Crippen molar-refractivity contribution < 1.29 is 4.79 Å². The Morgan fingerprint density at radius 1 is 1.26 bits per heavy atom. The van der Waals surface area contributed by atoms with Gasteiger partial charge in [-0.3, -0.25) is 4.79 Å². The van der Waals surface area contributed by atoms with Crippen molar-refractivity contribution in [3.05, 3.63) is 65.6 Å². The molecule has 0 radical (unpaired) electrons. The predicted molar refractivity (Wildman–Crippen MR) is 87.2 cm³/mol. The number of likely N-dealkylation sites (tertiary alicyclic amines) is 1. The Hall–Kier alpha value is -2.69. The van der Waals surface area contributed by atoms with Crippen molar-refractivity contribution in [1.82, 2.24) is 19.5 Å². The monoisotopic (exact) mass is 306 g/mol. The van der Waals surface area contributed by atoms with E-state index in [0.717, 1.165) is 19.4 Å². The van der Waals surface area contributed by atoms with Crippen molar-refractivity contribution in [1.29, 1.82) is 0 Å². The van der Waals surface area contributed by atoms with Gasteiger partial charge in [-0.15, -0.1) is 0 Å². The Morgan fingerprint density at radius 3 is 2.91 bits per heavy atom. The zero-order valence-electron chi connectivity index (χ0n) is 13.0. The molecule has 5 nitrogen and oxygen atoms in total. The number of benzene rings is 1. The molecule has 23 heavy (non-hydrogen) atoms. The van der Waals surface area contributed by atoms with E-state index in [1.807, 2.05) is 4.90 Å². The Morgan fingerprint density at radius 2 is 2.09 bits per heavy atom. The normalized spacial score (nSPS) is 17.8. The molecule has 1 unspecified atom stereocenters. The molecule has 116 valence electrons. The van der Waals surface area contributed by atoms with Gasteiger partial charge in [-0.2, -0.15) is 5.10 Å². The molecule has 2 aromatic heterocycles. The summed E-state index contributed by atoms with van der Waals surface area (Å²) in [6.07, 6.45) is 7.14. The third-order valence-corrected chi connectivity index (χ3v) is 4.49. The Labute approximate surface area is 134 Å². The van der Waals surface area contributed by atoms with E-state index in [2.05, 4.69) is 41.3 Å².